The molecule has 6 nitrogen and oxygen atoms in total. The van der Waals surface area contributed by atoms with Crippen LogP contribution in [-0.4, -0.2) is 40.8 Å². The van der Waals surface area contributed by atoms with Crippen molar-refractivity contribution < 1.29 is 10.3 Å². The van der Waals surface area contributed by atoms with Crippen molar-refractivity contribution in [2.75, 3.05) is 18.5 Å². The van der Waals surface area contributed by atoms with Gasteiger partial charge in [-0.3, -0.25) is 0 Å². The molecule has 0 aliphatic carbocycles. The molecule has 106 valence electrons. The van der Waals surface area contributed by atoms with Crippen molar-refractivity contribution in [1.82, 2.24) is 4.98 Å². The fourth-order valence-electron chi connectivity index (χ4n) is 2.12. The summed E-state index contributed by atoms with van der Waals surface area (Å²) >= 11 is 0. The fraction of sp³-hybridized carbons (Fsp3) is 0.286. The maximum Gasteiger partial charge on any atom is 0.173 e. The Balaban J connectivity index is 2.59. The van der Waals surface area contributed by atoms with Crippen molar-refractivity contribution in [2.24, 2.45) is 10.9 Å². The minimum absolute atomic E-state index is 0.00399. The molecule has 4 N–H and O–H groups in total. The standard InChI is InChI=1S/C14H18N4O2/c1-9(19)8-18(2)14-11(13(15)17-20)7-10-5-3-4-6-12(10)16-14/h3-7,9,19-20H,8H2,1-2H3,(H2,15,17). The predicted molar refractivity (Wildman–Crippen MR) is 79.2 cm³/mol. The molecule has 0 aliphatic rings. The Morgan fingerprint density at radius 3 is 2.80 bits per heavy atom. The van der Waals surface area contributed by atoms with E-state index in [2.05, 4.69) is 10.1 Å². The number of aliphatic hydroxyl groups excluding tert-OH is 1. The molecule has 0 fully saturated rings. The first kappa shape index (κ1) is 14.1. The quantitative estimate of drug-likeness (QED) is 0.336. The Morgan fingerprint density at radius 2 is 2.15 bits per heavy atom. The number of nitrogens with zero attached hydrogens (tertiary/aromatic N) is 3. The summed E-state index contributed by atoms with van der Waals surface area (Å²) in [5.74, 6) is 0.565. The van der Waals surface area contributed by atoms with Gasteiger partial charge in [-0.25, -0.2) is 4.98 Å². The SMILES string of the molecule is CC(O)CN(C)c1nc2ccccc2cc1C(N)=NO. The van der Waals surface area contributed by atoms with E-state index < -0.39 is 6.10 Å². The molecule has 1 aromatic heterocycles. The average Bonchev–Trinajstić information content (AvgIpc) is 2.44. The Kier molecular flexibility index (Phi) is 4.05. The number of pyridine rings is 1. The van der Waals surface area contributed by atoms with Gasteiger partial charge in [-0.05, 0) is 19.1 Å². The Labute approximate surface area is 117 Å². The lowest BCUT2D eigenvalue weighted by atomic mass is 10.1. The smallest absolute Gasteiger partial charge is 0.173 e. The first-order chi connectivity index (χ1) is 9.52. The monoisotopic (exact) mass is 274 g/mol. The number of likely N-dealkylation sites (N-methyl/N-ethyl adjacent to an activating group) is 1. The molecule has 0 saturated carbocycles. The van der Waals surface area contributed by atoms with Gasteiger partial charge in [0.15, 0.2) is 5.84 Å². The lowest BCUT2D eigenvalue weighted by molar-refractivity contribution is 0.201. The molecule has 0 spiro atoms. The molecule has 20 heavy (non-hydrogen) atoms. The second-order valence-corrected chi connectivity index (χ2v) is 4.77. The summed E-state index contributed by atoms with van der Waals surface area (Å²) in [5, 5.41) is 22.4. The van der Waals surface area contributed by atoms with Crippen molar-refractivity contribution in [3.63, 3.8) is 0 Å². The zero-order valence-corrected chi connectivity index (χ0v) is 11.5. The summed E-state index contributed by atoms with van der Waals surface area (Å²) in [7, 11) is 1.80. The summed E-state index contributed by atoms with van der Waals surface area (Å²) in [6.07, 6.45) is -0.506. The molecular formula is C14H18N4O2. The van der Waals surface area contributed by atoms with E-state index in [0.717, 1.165) is 10.9 Å². The van der Waals surface area contributed by atoms with E-state index in [9.17, 15) is 5.11 Å². The average molecular weight is 274 g/mol. The van der Waals surface area contributed by atoms with Crippen LogP contribution in [0.4, 0.5) is 5.82 Å². The number of hydrogen-bond acceptors (Lipinski definition) is 5. The highest BCUT2D eigenvalue weighted by Crippen LogP contribution is 2.23. The zero-order valence-electron chi connectivity index (χ0n) is 11.5. The number of oxime groups is 1. The largest absolute Gasteiger partial charge is 0.409 e. The summed E-state index contributed by atoms with van der Waals surface area (Å²) < 4.78 is 0. The van der Waals surface area contributed by atoms with Crippen molar-refractivity contribution in [3.8, 4) is 0 Å². The minimum Gasteiger partial charge on any atom is -0.409 e. The van der Waals surface area contributed by atoms with Gasteiger partial charge in [0.1, 0.15) is 5.82 Å². The molecule has 1 atom stereocenters. The number of benzene rings is 1. The van der Waals surface area contributed by atoms with Crippen LogP contribution in [0.25, 0.3) is 10.9 Å². The molecule has 0 saturated heterocycles. The Hall–Kier alpha value is -2.34. The number of fused-ring (bicyclic) bond motifs is 1. The summed E-state index contributed by atoms with van der Waals surface area (Å²) in [5.41, 5.74) is 7.08. The Morgan fingerprint density at radius 1 is 1.45 bits per heavy atom. The Bertz CT molecular complexity index is 640. The molecule has 2 aromatic rings. The molecule has 1 heterocycles. The maximum atomic E-state index is 9.50. The number of rotatable bonds is 4. The normalized spacial score (nSPS) is 13.4. The summed E-state index contributed by atoms with van der Waals surface area (Å²) in [6, 6.07) is 9.43. The zero-order chi connectivity index (χ0) is 14.7. The number of para-hydroxylation sites is 1. The van der Waals surface area contributed by atoms with Gasteiger partial charge in [0.25, 0.3) is 0 Å². The van der Waals surface area contributed by atoms with Crippen LogP contribution >= 0.6 is 0 Å². The van der Waals surface area contributed by atoms with Gasteiger partial charge in [0.2, 0.25) is 0 Å². The fourth-order valence-corrected chi connectivity index (χ4v) is 2.12. The summed E-state index contributed by atoms with van der Waals surface area (Å²) in [4.78, 5) is 6.32. The van der Waals surface area contributed by atoms with E-state index in [4.69, 9.17) is 10.9 Å². The molecule has 6 heteroatoms. The van der Waals surface area contributed by atoms with Crippen LogP contribution in [0, 0.1) is 0 Å². The van der Waals surface area contributed by atoms with Crippen LogP contribution in [0.2, 0.25) is 0 Å². The lowest BCUT2D eigenvalue weighted by Crippen LogP contribution is -2.30. The number of hydrogen-bond donors (Lipinski definition) is 3. The lowest BCUT2D eigenvalue weighted by Gasteiger charge is -2.22. The number of nitrogens with two attached hydrogens (primary N) is 1. The molecule has 0 bridgehead atoms. The molecular weight excluding hydrogens is 256 g/mol. The van der Waals surface area contributed by atoms with Crippen molar-refractivity contribution >= 4 is 22.6 Å². The molecule has 0 aliphatic heterocycles. The summed E-state index contributed by atoms with van der Waals surface area (Å²) in [6.45, 7) is 2.09. The van der Waals surface area contributed by atoms with Gasteiger partial charge >= 0.3 is 0 Å². The van der Waals surface area contributed by atoms with Crippen LogP contribution in [0.3, 0.4) is 0 Å². The maximum absolute atomic E-state index is 9.50. The van der Waals surface area contributed by atoms with Gasteiger partial charge in [-0.15, -0.1) is 0 Å². The molecule has 2 rings (SSSR count). The van der Waals surface area contributed by atoms with Crippen LogP contribution < -0.4 is 10.6 Å². The van der Waals surface area contributed by atoms with Crippen LogP contribution in [0.5, 0.6) is 0 Å². The highest BCUT2D eigenvalue weighted by Gasteiger charge is 2.15. The first-order valence-electron chi connectivity index (χ1n) is 6.30. The second-order valence-electron chi connectivity index (χ2n) is 4.77. The highest BCUT2D eigenvalue weighted by molar-refractivity contribution is 6.04. The van der Waals surface area contributed by atoms with Crippen molar-refractivity contribution in [3.05, 3.63) is 35.9 Å². The third-order valence-electron chi connectivity index (χ3n) is 2.99. The molecule has 0 radical (unpaired) electrons. The number of aromatic nitrogens is 1. The topological polar surface area (TPSA) is 95.0 Å². The number of amidine groups is 1. The molecule has 1 aromatic carbocycles. The van der Waals surface area contributed by atoms with Gasteiger partial charge < -0.3 is 20.9 Å². The third-order valence-corrected chi connectivity index (χ3v) is 2.99. The van der Waals surface area contributed by atoms with E-state index in [1.165, 1.54) is 0 Å². The first-order valence-corrected chi connectivity index (χ1v) is 6.30. The van der Waals surface area contributed by atoms with Crippen LogP contribution in [0.15, 0.2) is 35.5 Å². The molecule has 0 amide bonds. The van der Waals surface area contributed by atoms with Gasteiger partial charge in [-0.1, -0.05) is 23.4 Å². The van der Waals surface area contributed by atoms with Gasteiger partial charge in [0.05, 0.1) is 17.2 Å². The minimum atomic E-state index is -0.506. The predicted octanol–water partition coefficient (Wildman–Crippen LogP) is 1.15. The van der Waals surface area contributed by atoms with E-state index in [-0.39, 0.29) is 5.84 Å². The van der Waals surface area contributed by atoms with E-state index in [0.29, 0.717) is 17.9 Å². The van der Waals surface area contributed by atoms with E-state index >= 15 is 0 Å². The highest BCUT2D eigenvalue weighted by atomic mass is 16.4. The third kappa shape index (κ3) is 2.80. The number of anilines is 1. The molecule has 1 unspecified atom stereocenters. The van der Waals surface area contributed by atoms with Crippen molar-refractivity contribution in [2.45, 2.75) is 13.0 Å². The van der Waals surface area contributed by atoms with E-state index in [1.54, 1.807) is 18.9 Å². The van der Waals surface area contributed by atoms with Crippen LogP contribution in [-0.2, 0) is 0 Å². The second kappa shape index (κ2) is 5.75. The van der Waals surface area contributed by atoms with Crippen LogP contribution in [0.1, 0.15) is 12.5 Å². The van der Waals surface area contributed by atoms with Gasteiger partial charge in [-0.2, -0.15) is 0 Å². The number of aliphatic hydroxyl groups is 1. The van der Waals surface area contributed by atoms with E-state index in [1.807, 2.05) is 30.3 Å². The van der Waals surface area contributed by atoms with Gasteiger partial charge in [0, 0.05) is 19.0 Å². The van der Waals surface area contributed by atoms with Crippen molar-refractivity contribution in [1.29, 1.82) is 0 Å².